The molecular formula is C23H27N7OS. The van der Waals surface area contributed by atoms with E-state index in [0.29, 0.717) is 18.3 Å². The molecule has 2 fully saturated rings. The Hall–Kier alpha value is -2.81. The number of nitrogens with zero attached hydrogens (tertiary/aromatic N) is 5. The maximum Gasteiger partial charge on any atom is 0.228 e. The topological polar surface area (TPSA) is 99.7 Å². The normalized spacial score (nSPS) is 20.4. The van der Waals surface area contributed by atoms with Crippen LogP contribution < -0.4 is 10.2 Å². The van der Waals surface area contributed by atoms with Crippen molar-refractivity contribution in [3.63, 3.8) is 0 Å². The van der Waals surface area contributed by atoms with Crippen LogP contribution in [0.3, 0.4) is 0 Å². The molecule has 0 amide bonds. The average molecular weight is 450 g/mol. The summed E-state index contributed by atoms with van der Waals surface area (Å²) >= 11 is 1.54. The number of nitrogens with one attached hydrogen (secondary N) is 2. The minimum atomic E-state index is -0.188. The van der Waals surface area contributed by atoms with Gasteiger partial charge in [0.2, 0.25) is 5.95 Å². The lowest BCUT2D eigenvalue weighted by molar-refractivity contribution is -0.120. The van der Waals surface area contributed by atoms with Gasteiger partial charge in [-0.15, -0.1) is 11.3 Å². The van der Waals surface area contributed by atoms with E-state index in [2.05, 4.69) is 31.5 Å². The molecule has 1 aliphatic heterocycles. The standard InChI is InChI=1S/C23H27N7OS/c31-19(13-21-24-9-11-32-21)18-6-1-2-10-30(18)23-25-16-5-3-4-15(16)22(27-23)26-20-12-17(28-29-20)14-7-8-14/h9,11-12,14,18H,1-8,10,13H2,(H2,25,26,27,28,29). The van der Waals surface area contributed by atoms with Gasteiger partial charge < -0.3 is 10.2 Å². The first-order chi connectivity index (χ1) is 15.7. The van der Waals surface area contributed by atoms with Crippen LogP contribution in [0.25, 0.3) is 0 Å². The maximum absolute atomic E-state index is 13.2. The molecule has 1 saturated carbocycles. The minimum Gasteiger partial charge on any atom is -0.331 e. The maximum atomic E-state index is 13.2. The molecule has 4 heterocycles. The smallest absolute Gasteiger partial charge is 0.228 e. The molecule has 32 heavy (non-hydrogen) atoms. The number of H-pyrrole nitrogens is 1. The molecular weight excluding hydrogens is 422 g/mol. The lowest BCUT2D eigenvalue weighted by atomic mass is 9.97. The highest BCUT2D eigenvalue weighted by Crippen LogP contribution is 2.40. The van der Waals surface area contributed by atoms with Crippen molar-refractivity contribution in [2.75, 3.05) is 16.8 Å². The Morgan fingerprint density at radius 3 is 2.97 bits per heavy atom. The van der Waals surface area contributed by atoms with Crippen molar-refractivity contribution in [1.82, 2.24) is 25.1 Å². The minimum absolute atomic E-state index is 0.188. The second-order valence-electron chi connectivity index (χ2n) is 9.03. The summed E-state index contributed by atoms with van der Waals surface area (Å²) in [6, 6.07) is 1.91. The van der Waals surface area contributed by atoms with Gasteiger partial charge in [-0.2, -0.15) is 10.1 Å². The van der Waals surface area contributed by atoms with E-state index in [-0.39, 0.29) is 11.8 Å². The molecule has 8 nitrogen and oxygen atoms in total. The molecule has 2 N–H and O–H groups in total. The third-order valence-corrected chi connectivity index (χ3v) is 7.50. The van der Waals surface area contributed by atoms with Crippen molar-refractivity contribution in [1.29, 1.82) is 0 Å². The van der Waals surface area contributed by atoms with E-state index in [1.54, 1.807) is 6.20 Å². The zero-order chi connectivity index (χ0) is 21.5. The van der Waals surface area contributed by atoms with E-state index in [0.717, 1.165) is 67.4 Å². The van der Waals surface area contributed by atoms with E-state index >= 15 is 0 Å². The fourth-order valence-corrected chi connectivity index (χ4v) is 5.52. The predicted molar refractivity (Wildman–Crippen MR) is 124 cm³/mol. The molecule has 9 heteroatoms. The summed E-state index contributed by atoms with van der Waals surface area (Å²) in [5, 5.41) is 13.9. The lowest BCUT2D eigenvalue weighted by Crippen LogP contribution is -2.46. The molecule has 0 radical (unpaired) electrons. The molecule has 6 rings (SSSR count). The number of piperidine rings is 1. The summed E-state index contributed by atoms with van der Waals surface area (Å²) in [5.41, 5.74) is 3.49. The highest BCUT2D eigenvalue weighted by atomic mass is 32.1. The number of aromatic amines is 1. The SMILES string of the molecule is O=C(Cc1nccs1)C1CCCCN1c1nc2c(c(Nc3cc(C4CC4)[nH]n3)n1)CCC2. The zero-order valence-electron chi connectivity index (χ0n) is 18.0. The third kappa shape index (κ3) is 3.90. The first-order valence-electron chi connectivity index (χ1n) is 11.6. The Balaban J connectivity index is 1.29. The van der Waals surface area contributed by atoms with Crippen LogP contribution in [0.15, 0.2) is 17.6 Å². The summed E-state index contributed by atoms with van der Waals surface area (Å²) in [7, 11) is 0. The van der Waals surface area contributed by atoms with E-state index in [1.165, 1.54) is 35.4 Å². The summed E-state index contributed by atoms with van der Waals surface area (Å²) in [6.45, 7) is 0.806. The third-order valence-electron chi connectivity index (χ3n) is 6.72. The first kappa shape index (κ1) is 19.8. The molecule has 1 saturated heterocycles. The molecule has 3 aliphatic rings. The number of anilines is 3. The highest BCUT2D eigenvalue weighted by molar-refractivity contribution is 7.09. The van der Waals surface area contributed by atoms with Crippen LogP contribution in [0.4, 0.5) is 17.6 Å². The van der Waals surface area contributed by atoms with Crippen LogP contribution >= 0.6 is 11.3 Å². The molecule has 3 aromatic heterocycles. The number of hydrogen-bond acceptors (Lipinski definition) is 8. The number of aryl methyl sites for hydroxylation is 1. The predicted octanol–water partition coefficient (Wildman–Crippen LogP) is 3.94. The van der Waals surface area contributed by atoms with Gasteiger partial charge in [-0.25, -0.2) is 9.97 Å². The number of ketones is 1. The number of carbonyl (C=O) groups is 1. The van der Waals surface area contributed by atoms with Gasteiger partial charge in [0.1, 0.15) is 5.82 Å². The van der Waals surface area contributed by atoms with Crippen molar-refractivity contribution >= 4 is 34.7 Å². The fourth-order valence-electron chi connectivity index (χ4n) is 4.89. The summed E-state index contributed by atoms with van der Waals surface area (Å²) in [4.78, 5) is 29.5. The molecule has 0 bridgehead atoms. The van der Waals surface area contributed by atoms with Gasteiger partial charge >= 0.3 is 0 Å². The van der Waals surface area contributed by atoms with E-state index in [1.807, 2.05) is 5.38 Å². The second-order valence-corrected chi connectivity index (χ2v) is 10.0. The van der Waals surface area contributed by atoms with Gasteiger partial charge in [0.05, 0.1) is 23.2 Å². The largest absolute Gasteiger partial charge is 0.331 e. The van der Waals surface area contributed by atoms with E-state index in [4.69, 9.17) is 9.97 Å². The summed E-state index contributed by atoms with van der Waals surface area (Å²) < 4.78 is 0. The molecule has 0 aromatic carbocycles. The molecule has 0 spiro atoms. The highest BCUT2D eigenvalue weighted by Gasteiger charge is 2.32. The number of hydrogen-bond donors (Lipinski definition) is 2. The summed E-state index contributed by atoms with van der Waals surface area (Å²) in [6.07, 6.45) is 10.6. The number of aromatic nitrogens is 5. The van der Waals surface area contributed by atoms with Crippen molar-refractivity contribution < 1.29 is 4.79 Å². The van der Waals surface area contributed by atoms with Crippen LogP contribution in [0.1, 0.15) is 66.4 Å². The number of thiazole rings is 1. The van der Waals surface area contributed by atoms with Crippen LogP contribution in [-0.4, -0.2) is 43.5 Å². The van der Waals surface area contributed by atoms with Crippen LogP contribution in [0.2, 0.25) is 0 Å². The van der Waals surface area contributed by atoms with Crippen molar-refractivity contribution in [2.24, 2.45) is 0 Å². The number of rotatable bonds is 7. The van der Waals surface area contributed by atoms with Gasteiger partial charge in [0, 0.05) is 41.4 Å². The molecule has 3 aromatic rings. The number of fused-ring (bicyclic) bond motifs is 1. The molecule has 2 aliphatic carbocycles. The average Bonchev–Trinajstić information content (AvgIpc) is 3.19. The lowest BCUT2D eigenvalue weighted by Gasteiger charge is -2.35. The van der Waals surface area contributed by atoms with Crippen LogP contribution in [0.5, 0.6) is 0 Å². The Kier molecular flexibility index (Phi) is 5.13. The second kappa shape index (κ2) is 8.27. The first-order valence-corrected chi connectivity index (χ1v) is 12.5. The number of carbonyl (C=O) groups excluding carboxylic acids is 1. The monoisotopic (exact) mass is 449 g/mol. The Labute approximate surface area is 190 Å². The van der Waals surface area contributed by atoms with E-state index in [9.17, 15) is 4.79 Å². The van der Waals surface area contributed by atoms with Gasteiger partial charge in [-0.05, 0) is 51.4 Å². The molecule has 1 atom stereocenters. The molecule has 166 valence electrons. The Morgan fingerprint density at radius 2 is 2.12 bits per heavy atom. The number of Topliss-reactive ketones (excluding diaryl/α,β-unsaturated/α-hetero) is 1. The zero-order valence-corrected chi connectivity index (χ0v) is 18.8. The van der Waals surface area contributed by atoms with E-state index < -0.39 is 0 Å². The van der Waals surface area contributed by atoms with Crippen LogP contribution in [0, 0.1) is 0 Å². The fraction of sp³-hybridized carbons (Fsp3) is 0.522. The van der Waals surface area contributed by atoms with Crippen molar-refractivity contribution in [3.8, 4) is 0 Å². The molecule has 1 unspecified atom stereocenters. The summed E-state index contributed by atoms with van der Waals surface area (Å²) in [5.74, 6) is 3.15. The van der Waals surface area contributed by atoms with Gasteiger partial charge in [0.15, 0.2) is 11.6 Å². The van der Waals surface area contributed by atoms with Crippen molar-refractivity contribution in [3.05, 3.63) is 39.6 Å². The van der Waals surface area contributed by atoms with Crippen molar-refractivity contribution in [2.45, 2.75) is 69.7 Å². The quantitative estimate of drug-likeness (QED) is 0.564. The van der Waals surface area contributed by atoms with Gasteiger partial charge in [-0.1, -0.05) is 0 Å². The Morgan fingerprint density at radius 1 is 1.19 bits per heavy atom. The van der Waals surface area contributed by atoms with Crippen LogP contribution in [-0.2, 0) is 24.1 Å². The Bertz CT molecular complexity index is 1120. The van der Waals surface area contributed by atoms with Gasteiger partial charge in [0.25, 0.3) is 0 Å². The van der Waals surface area contributed by atoms with Gasteiger partial charge in [-0.3, -0.25) is 9.89 Å².